The number of Topliss-reactive ketones (excluding diaryl/α,β-unsaturated/α-hetero) is 1. The molecular formula is C11H20O2. The molecule has 0 aromatic carbocycles. The monoisotopic (exact) mass is 184 g/mol. The summed E-state index contributed by atoms with van der Waals surface area (Å²) < 4.78 is 0. The topological polar surface area (TPSA) is 37.3 Å². The minimum absolute atomic E-state index is 0.0775. The molecule has 0 heterocycles. The molecule has 2 heteroatoms. The lowest BCUT2D eigenvalue weighted by molar-refractivity contribution is -0.119. The van der Waals surface area contributed by atoms with Gasteiger partial charge in [-0.1, -0.05) is 20.8 Å². The van der Waals surface area contributed by atoms with Gasteiger partial charge in [-0.05, 0) is 19.8 Å². The molecule has 0 unspecified atom stereocenters. The highest BCUT2D eigenvalue weighted by Gasteiger charge is 2.17. The normalized spacial score (nSPS) is 13.0. The third kappa shape index (κ3) is 3.21. The predicted molar refractivity (Wildman–Crippen MR) is 54.7 cm³/mol. The summed E-state index contributed by atoms with van der Waals surface area (Å²) >= 11 is 0. The van der Waals surface area contributed by atoms with Crippen LogP contribution >= 0.6 is 0 Å². The molecule has 0 aliphatic carbocycles. The van der Waals surface area contributed by atoms with Crippen molar-refractivity contribution in [3.63, 3.8) is 0 Å². The van der Waals surface area contributed by atoms with Crippen LogP contribution in [0, 0.1) is 5.92 Å². The van der Waals surface area contributed by atoms with Gasteiger partial charge in [0, 0.05) is 17.9 Å². The molecule has 0 saturated heterocycles. The van der Waals surface area contributed by atoms with Crippen LogP contribution in [0.1, 0.15) is 47.0 Å². The van der Waals surface area contributed by atoms with Crippen molar-refractivity contribution < 1.29 is 9.90 Å². The molecule has 76 valence electrons. The third-order valence-electron chi connectivity index (χ3n) is 2.49. The van der Waals surface area contributed by atoms with E-state index < -0.39 is 0 Å². The van der Waals surface area contributed by atoms with Crippen molar-refractivity contribution in [2.75, 3.05) is 0 Å². The van der Waals surface area contributed by atoms with Gasteiger partial charge in [0.25, 0.3) is 0 Å². The van der Waals surface area contributed by atoms with Gasteiger partial charge in [-0.3, -0.25) is 4.79 Å². The Kier molecular flexibility index (Phi) is 5.44. The summed E-state index contributed by atoms with van der Waals surface area (Å²) in [5, 5.41) is 9.40. The molecule has 0 aliphatic rings. The highest BCUT2D eigenvalue weighted by molar-refractivity contribution is 5.96. The number of hydrogen-bond donors (Lipinski definition) is 1. The number of ketones is 1. The van der Waals surface area contributed by atoms with Crippen molar-refractivity contribution in [1.82, 2.24) is 0 Å². The van der Waals surface area contributed by atoms with Crippen molar-refractivity contribution in [3.05, 3.63) is 11.3 Å². The second-order valence-corrected chi connectivity index (χ2v) is 3.30. The number of carbonyl (C=O) groups is 1. The molecule has 0 amide bonds. The van der Waals surface area contributed by atoms with Crippen molar-refractivity contribution in [2.45, 2.75) is 47.0 Å². The highest BCUT2D eigenvalue weighted by atomic mass is 16.3. The van der Waals surface area contributed by atoms with E-state index in [4.69, 9.17) is 0 Å². The van der Waals surface area contributed by atoms with Crippen LogP contribution in [0.4, 0.5) is 0 Å². The molecule has 1 N–H and O–H groups in total. The van der Waals surface area contributed by atoms with Crippen molar-refractivity contribution in [1.29, 1.82) is 0 Å². The average molecular weight is 184 g/mol. The number of allylic oxidation sites excluding steroid dienone is 2. The van der Waals surface area contributed by atoms with Crippen LogP contribution < -0.4 is 0 Å². The Morgan fingerprint density at radius 1 is 1.23 bits per heavy atom. The fourth-order valence-electron chi connectivity index (χ4n) is 1.37. The molecule has 0 bridgehead atoms. The van der Waals surface area contributed by atoms with Gasteiger partial charge in [0.2, 0.25) is 0 Å². The predicted octanol–water partition coefficient (Wildman–Crippen LogP) is 3.23. The van der Waals surface area contributed by atoms with Gasteiger partial charge in [-0.25, -0.2) is 0 Å². The zero-order valence-electron chi connectivity index (χ0n) is 9.05. The maximum atomic E-state index is 11.7. The minimum atomic E-state index is 0.0775. The van der Waals surface area contributed by atoms with Gasteiger partial charge in [0.15, 0.2) is 5.78 Å². The standard InChI is InChI=1S/C11H20O2/c1-5-9(6-2)11(13)8(4)10(12)7-3/h9,12H,5-7H2,1-4H3/b10-8-. The van der Waals surface area contributed by atoms with Gasteiger partial charge in [0.05, 0.1) is 5.76 Å². The third-order valence-corrected chi connectivity index (χ3v) is 2.49. The molecule has 13 heavy (non-hydrogen) atoms. The van der Waals surface area contributed by atoms with Crippen molar-refractivity contribution >= 4 is 5.78 Å². The summed E-state index contributed by atoms with van der Waals surface area (Å²) in [6.45, 7) is 7.56. The van der Waals surface area contributed by atoms with Gasteiger partial charge in [-0.15, -0.1) is 0 Å². The van der Waals surface area contributed by atoms with Crippen LogP contribution in [0.3, 0.4) is 0 Å². The lowest BCUT2D eigenvalue weighted by Gasteiger charge is -2.12. The first-order valence-electron chi connectivity index (χ1n) is 5.01. The van der Waals surface area contributed by atoms with Gasteiger partial charge in [0.1, 0.15) is 0 Å². The number of aliphatic hydroxyl groups is 1. The molecule has 0 aromatic heterocycles. The van der Waals surface area contributed by atoms with E-state index in [2.05, 4.69) is 0 Å². The van der Waals surface area contributed by atoms with E-state index in [9.17, 15) is 9.90 Å². The van der Waals surface area contributed by atoms with Gasteiger partial charge >= 0.3 is 0 Å². The first-order chi connectivity index (χ1) is 6.08. The van der Waals surface area contributed by atoms with Crippen LogP contribution in [-0.4, -0.2) is 10.9 Å². The largest absolute Gasteiger partial charge is 0.512 e. The van der Waals surface area contributed by atoms with Crippen LogP contribution in [0.15, 0.2) is 11.3 Å². The summed E-state index contributed by atoms with van der Waals surface area (Å²) in [4.78, 5) is 11.7. The zero-order valence-corrected chi connectivity index (χ0v) is 9.05. The lowest BCUT2D eigenvalue weighted by Crippen LogP contribution is -2.15. The average Bonchev–Trinajstić information content (AvgIpc) is 2.17. The number of rotatable bonds is 5. The van der Waals surface area contributed by atoms with E-state index in [0.29, 0.717) is 12.0 Å². The quantitative estimate of drug-likeness (QED) is 0.526. The highest BCUT2D eigenvalue weighted by Crippen LogP contribution is 2.17. The fraction of sp³-hybridized carbons (Fsp3) is 0.727. The van der Waals surface area contributed by atoms with Gasteiger partial charge in [-0.2, -0.15) is 0 Å². The first kappa shape index (κ1) is 12.2. The summed E-state index contributed by atoms with van der Waals surface area (Å²) in [5.74, 6) is 0.412. The molecule has 0 rings (SSSR count). The zero-order chi connectivity index (χ0) is 10.4. The van der Waals surface area contributed by atoms with Crippen LogP contribution in [0.2, 0.25) is 0 Å². The van der Waals surface area contributed by atoms with E-state index in [1.165, 1.54) is 0 Å². The molecule has 0 saturated carbocycles. The van der Waals surface area contributed by atoms with Crippen molar-refractivity contribution in [3.8, 4) is 0 Å². The summed E-state index contributed by atoms with van der Waals surface area (Å²) in [6.07, 6.45) is 2.24. The van der Waals surface area contributed by atoms with E-state index in [1.807, 2.05) is 20.8 Å². The minimum Gasteiger partial charge on any atom is -0.512 e. The molecule has 0 spiro atoms. The Labute approximate surface area is 80.7 Å². The lowest BCUT2D eigenvalue weighted by atomic mass is 9.93. The summed E-state index contributed by atoms with van der Waals surface area (Å²) in [5.41, 5.74) is 0.538. The van der Waals surface area contributed by atoms with Crippen LogP contribution in [0.5, 0.6) is 0 Å². The Morgan fingerprint density at radius 2 is 1.69 bits per heavy atom. The molecule has 0 radical (unpaired) electrons. The number of hydrogen-bond acceptors (Lipinski definition) is 2. The van der Waals surface area contributed by atoms with Crippen molar-refractivity contribution in [2.24, 2.45) is 5.92 Å². The van der Waals surface area contributed by atoms with Crippen LogP contribution in [-0.2, 0) is 4.79 Å². The Morgan fingerprint density at radius 3 is 2.00 bits per heavy atom. The first-order valence-corrected chi connectivity index (χ1v) is 5.01. The molecule has 2 nitrogen and oxygen atoms in total. The second kappa shape index (κ2) is 5.79. The maximum Gasteiger partial charge on any atom is 0.164 e. The Balaban J connectivity index is 4.58. The second-order valence-electron chi connectivity index (χ2n) is 3.30. The van der Waals surface area contributed by atoms with Gasteiger partial charge < -0.3 is 5.11 Å². The maximum absolute atomic E-state index is 11.7. The fourth-order valence-corrected chi connectivity index (χ4v) is 1.37. The Hall–Kier alpha value is -0.790. The smallest absolute Gasteiger partial charge is 0.164 e. The molecule has 0 aliphatic heterocycles. The Bertz CT molecular complexity index is 200. The molecule has 0 atom stereocenters. The number of aliphatic hydroxyl groups excluding tert-OH is 1. The molecular weight excluding hydrogens is 164 g/mol. The van der Waals surface area contributed by atoms with E-state index in [-0.39, 0.29) is 17.5 Å². The van der Waals surface area contributed by atoms with E-state index >= 15 is 0 Å². The molecule has 0 fully saturated rings. The SMILES string of the molecule is CC/C(O)=C(\C)C(=O)C(CC)CC. The van der Waals surface area contributed by atoms with E-state index in [1.54, 1.807) is 6.92 Å². The van der Waals surface area contributed by atoms with Crippen LogP contribution in [0.25, 0.3) is 0 Å². The number of carbonyl (C=O) groups excluding carboxylic acids is 1. The van der Waals surface area contributed by atoms with E-state index in [0.717, 1.165) is 12.8 Å². The molecule has 0 aromatic rings. The summed E-state index contributed by atoms with van der Waals surface area (Å²) in [6, 6.07) is 0. The summed E-state index contributed by atoms with van der Waals surface area (Å²) in [7, 11) is 0.